The van der Waals surface area contributed by atoms with Crippen LogP contribution in [0.25, 0.3) is 0 Å². The maximum atomic E-state index is 14.0. The van der Waals surface area contributed by atoms with E-state index in [1.54, 1.807) is 36.4 Å². The molecule has 0 fully saturated rings. The third kappa shape index (κ3) is 7.69. The molecule has 0 aliphatic rings. The average Bonchev–Trinajstić information content (AvgIpc) is 2.92. The summed E-state index contributed by atoms with van der Waals surface area (Å²) in [7, 11) is -4.07. The highest BCUT2D eigenvalue weighted by Crippen LogP contribution is 2.25. The Bertz CT molecular complexity index is 1350. The summed E-state index contributed by atoms with van der Waals surface area (Å²) in [5.74, 6) is -0.701. The molecule has 0 heterocycles. The van der Waals surface area contributed by atoms with E-state index in [0.717, 1.165) is 33.0 Å². The Morgan fingerprint density at radius 2 is 1.31 bits per heavy atom. The van der Waals surface area contributed by atoms with Crippen LogP contribution in [0.4, 0.5) is 5.69 Å². The van der Waals surface area contributed by atoms with Gasteiger partial charge in [-0.2, -0.15) is 0 Å². The second-order valence-electron chi connectivity index (χ2n) is 9.88. The second-order valence-corrected chi connectivity index (χ2v) is 11.7. The number of nitrogens with zero attached hydrogens (tertiary/aromatic N) is 2. The van der Waals surface area contributed by atoms with Gasteiger partial charge in [-0.25, -0.2) is 8.42 Å². The van der Waals surface area contributed by atoms with Crippen molar-refractivity contribution in [2.75, 3.05) is 17.4 Å². The van der Waals surface area contributed by atoms with E-state index in [-0.39, 0.29) is 17.3 Å². The van der Waals surface area contributed by atoms with E-state index in [1.807, 2.05) is 71.0 Å². The van der Waals surface area contributed by atoms with Crippen molar-refractivity contribution in [1.29, 1.82) is 0 Å². The number of aryl methyl sites for hydroxylation is 3. The lowest BCUT2D eigenvalue weighted by atomic mass is 10.1. The number of carbonyl (C=O) groups is 2. The highest BCUT2D eigenvalue weighted by molar-refractivity contribution is 7.92. The van der Waals surface area contributed by atoms with Crippen molar-refractivity contribution in [2.24, 2.45) is 0 Å². The zero-order valence-electron chi connectivity index (χ0n) is 23.5. The standard InChI is InChI=1S/C31H39N3O4S/c1-6-20-32-31(36)29(7-2)33(21-26-14-8-23(3)9-15-26)30(35)22-34(27-16-10-24(4)11-17-27)39(37,38)28-18-12-25(5)13-19-28/h8-19,29H,6-7,20-22H2,1-5H3,(H,32,36)/t29-/m1/s1. The molecule has 39 heavy (non-hydrogen) atoms. The molecule has 0 bridgehead atoms. The third-order valence-electron chi connectivity index (χ3n) is 6.62. The first-order chi connectivity index (χ1) is 18.6. The topological polar surface area (TPSA) is 86.8 Å². The number of benzene rings is 3. The van der Waals surface area contributed by atoms with Gasteiger partial charge in [0.2, 0.25) is 11.8 Å². The minimum atomic E-state index is -4.07. The Balaban J connectivity index is 2.03. The summed E-state index contributed by atoms with van der Waals surface area (Å²) in [5, 5.41) is 2.90. The second kappa shape index (κ2) is 13.4. The van der Waals surface area contributed by atoms with Crippen LogP contribution in [0.5, 0.6) is 0 Å². The maximum Gasteiger partial charge on any atom is 0.264 e. The lowest BCUT2D eigenvalue weighted by molar-refractivity contribution is -0.140. The van der Waals surface area contributed by atoms with Crippen LogP contribution in [0.1, 0.15) is 48.9 Å². The number of carbonyl (C=O) groups excluding carboxylic acids is 2. The van der Waals surface area contributed by atoms with Gasteiger partial charge in [-0.1, -0.05) is 79.1 Å². The quantitative estimate of drug-likeness (QED) is 0.339. The zero-order valence-corrected chi connectivity index (χ0v) is 24.3. The highest BCUT2D eigenvalue weighted by Gasteiger charge is 2.33. The van der Waals surface area contributed by atoms with Crippen molar-refractivity contribution >= 4 is 27.5 Å². The van der Waals surface area contributed by atoms with Crippen LogP contribution in [0.2, 0.25) is 0 Å². The van der Waals surface area contributed by atoms with E-state index >= 15 is 0 Å². The van der Waals surface area contributed by atoms with Gasteiger partial charge in [-0.15, -0.1) is 0 Å². The fourth-order valence-electron chi connectivity index (χ4n) is 4.25. The van der Waals surface area contributed by atoms with E-state index < -0.39 is 28.5 Å². The van der Waals surface area contributed by atoms with Gasteiger partial charge in [0.25, 0.3) is 10.0 Å². The number of amides is 2. The predicted molar refractivity (Wildman–Crippen MR) is 156 cm³/mol. The molecular formula is C31H39N3O4S. The molecule has 0 aromatic heterocycles. The van der Waals surface area contributed by atoms with Gasteiger partial charge in [0.05, 0.1) is 10.6 Å². The summed E-state index contributed by atoms with van der Waals surface area (Å²) in [6.07, 6.45) is 1.16. The summed E-state index contributed by atoms with van der Waals surface area (Å²) in [6, 6.07) is 20.6. The fourth-order valence-corrected chi connectivity index (χ4v) is 5.67. The first kappa shape index (κ1) is 29.9. The molecule has 7 nitrogen and oxygen atoms in total. The molecule has 1 atom stereocenters. The number of nitrogens with one attached hydrogen (secondary N) is 1. The average molecular weight is 550 g/mol. The first-order valence-corrected chi connectivity index (χ1v) is 14.8. The van der Waals surface area contributed by atoms with Crippen LogP contribution in [0.3, 0.4) is 0 Å². The summed E-state index contributed by atoms with van der Waals surface area (Å²) >= 11 is 0. The van der Waals surface area contributed by atoms with E-state index in [2.05, 4.69) is 5.32 Å². The molecule has 1 N–H and O–H groups in total. The Hall–Kier alpha value is -3.65. The summed E-state index contributed by atoms with van der Waals surface area (Å²) < 4.78 is 28.9. The van der Waals surface area contributed by atoms with Crippen molar-refractivity contribution in [1.82, 2.24) is 10.2 Å². The molecule has 208 valence electrons. The molecule has 8 heteroatoms. The van der Waals surface area contributed by atoms with Gasteiger partial charge in [-0.3, -0.25) is 13.9 Å². The molecule has 0 spiro atoms. The molecular weight excluding hydrogens is 510 g/mol. The van der Waals surface area contributed by atoms with E-state index in [1.165, 1.54) is 4.90 Å². The molecule has 2 amide bonds. The van der Waals surface area contributed by atoms with E-state index in [0.29, 0.717) is 18.7 Å². The molecule has 0 aliphatic carbocycles. The van der Waals surface area contributed by atoms with Gasteiger partial charge in [-0.05, 0) is 63.4 Å². The van der Waals surface area contributed by atoms with Crippen LogP contribution in [0, 0.1) is 20.8 Å². The van der Waals surface area contributed by atoms with Crippen molar-refractivity contribution in [3.63, 3.8) is 0 Å². The largest absolute Gasteiger partial charge is 0.354 e. The highest BCUT2D eigenvalue weighted by atomic mass is 32.2. The summed E-state index contributed by atoms with van der Waals surface area (Å²) in [4.78, 5) is 28.7. The summed E-state index contributed by atoms with van der Waals surface area (Å²) in [5.41, 5.74) is 4.23. The van der Waals surface area contributed by atoms with E-state index in [4.69, 9.17) is 0 Å². The third-order valence-corrected chi connectivity index (χ3v) is 8.41. The first-order valence-electron chi connectivity index (χ1n) is 13.4. The minimum Gasteiger partial charge on any atom is -0.354 e. The number of hydrogen-bond donors (Lipinski definition) is 1. The van der Waals surface area contributed by atoms with Crippen LogP contribution >= 0.6 is 0 Å². The number of rotatable bonds is 12. The van der Waals surface area contributed by atoms with Gasteiger partial charge in [0, 0.05) is 13.1 Å². The number of sulfonamides is 1. The van der Waals surface area contributed by atoms with Gasteiger partial charge in [0.15, 0.2) is 0 Å². The van der Waals surface area contributed by atoms with Crippen LogP contribution in [-0.4, -0.2) is 44.3 Å². The van der Waals surface area contributed by atoms with Gasteiger partial charge >= 0.3 is 0 Å². The Morgan fingerprint density at radius 1 is 0.795 bits per heavy atom. The number of anilines is 1. The van der Waals surface area contributed by atoms with Gasteiger partial charge < -0.3 is 10.2 Å². The minimum absolute atomic E-state index is 0.0966. The van der Waals surface area contributed by atoms with E-state index in [9.17, 15) is 18.0 Å². The van der Waals surface area contributed by atoms with Gasteiger partial charge in [0.1, 0.15) is 12.6 Å². The number of hydrogen-bond acceptors (Lipinski definition) is 4. The molecule has 3 aromatic carbocycles. The monoisotopic (exact) mass is 549 g/mol. The van der Waals surface area contributed by atoms with Crippen LogP contribution in [0.15, 0.2) is 77.7 Å². The Kier molecular flexibility index (Phi) is 10.3. The SMILES string of the molecule is CCCNC(=O)[C@@H](CC)N(Cc1ccc(C)cc1)C(=O)CN(c1ccc(C)cc1)S(=O)(=O)c1ccc(C)cc1. The Labute approximate surface area is 232 Å². The molecule has 0 radical (unpaired) electrons. The Morgan fingerprint density at radius 3 is 1.82 bits per heavy atom. The molecule has 0 saturated heterocycles. The molecule has 0 unspecified atom stereocenters. The van der Waals surface area contributed by atoms with Crippen molar-refractivity contribution in [3.05, 3.63) is 95.1 Å². The van der Waals surface area contributed by atoms with Crippen LogP contribution in [-0.2, 0) is 26.2 Å². The summed E-state index contributed by atoms with van der Waals surface area (Å²) in [6.45, 7) is 9.84. The molecule has 3 rings (SSSR count). The maximum absolute atomic E-state index is 14.0. The lowest BCUT2D eigenvalue weighted by Crippen LogP contribution is -2.52. The molecule has 0 saturated carbocycles. The predicted octanol–water partition coefficient (Wildman–Crippen LogP) is 5.14. The molecule has 3 aromatic rings. The van der Waals surface area contributed by atoms with Crippen molar-refractivity contribution in [2.45, 2.75) is 64.9 Å². The van der Waals surface area contributed by atoms with Crippen molar-refractivity contribution in [3.8, 4) is 0 Å². The molecule has 0 aliphatic heterocycles. The zero-order chi connectivity index (χ0) is 28.6. The lowest BCUT2D eigenvalue weighted by Gasteiger charge is -2.33. The van der Waals surface area contributed by atoms with Crippen molar-refractivity contribution < 1.29 is 18.0 Å². The normalized spacial score (nSPS) is 12.0. The smallest absolute Gasteiger partial charge is 0.264 e. The fraction of sp³-hybridized carbons (Fsp3) is 0.355. The van der Waals surface area contributed by atoms with Crippen LogP contribution < -0.4 is 9.62 Å².